The second-order valence-corrected chi connectivity index (χ2v) is 9.76. The smallest absolute Gasteiger partial charge is 0.172 e. The Morgan fingerprint density at radius 2 is 1.25 bits per heavy atom. The fraction of sp³-hybridized carbons (Fsp3) is 1.00. The van der Waals surface area contributed by atoms with Crippen LogP contribution >= 0.6 is 63.7 Å². The van der Waals surface area contributed by atoms with Crippen molar-refractivity contribution in [2.24, 2.45) is 0 Å². The molecular formula is C3H4Br4O. The molecule has 0 aliphatic carbocycles. The molecule has 0 aromatic heterocycles. The lowest BCUT2D eigenvalue weighted by atomic mass is 10.5. The van der Waals surface area contributed by atoms with E-state index in [1.807, 2.05) is 0 Å². The van der Waals surface area contributed by atoms with Gasteiger partial charge in [-0.2, -0.15) is 0 Å². The predicted molar refractivity (Wildman–Crippen MR) is 49.1 cm³/mol. The van der Waals surface area contributed by atoms with Crippen LogP contribution in [-0.2, 0) is 0 Å². The molecule has 0 aliphatic rings. The molecule has 0 heterocycles. The summed E-state index contributed by atoms with van der Waals surface area (Å²) in [5.74, 6) is 0. The van der Waals surface area contributed by atoms with Crippen molar-refractivity contribution < 1.29 is 5.11 Å². The van der Waals surface area contributed by atoms with Crippen LogP contribution in [0.25, 0.3) is 0 Å². The first kappa shape index (κ1) is 9.88. The molecule has 1 atom stereocenters. The van der Waals surface area contributed by atoms with E-state index in [0.29, 0.717) is 0 Å². The van der Waals surface area contributed by atoms with Crippen LogP contribution in [0.3, 0.4) is 0 Å². The summed E-state index contributed by atoms with van der Waals surface area (Å²) in [6.45, 7) is 1.60. The maximum absolute atomic E-state index is 9.13. The van der Waals surface area contributed by atoms with Gasteiger partial charge in [-0.05, 0) is 6.92 Å². The Hall–Kier alpha value is 1.88. The van der Waals surface area contributed by atoms with E-state index in [9.17, 15) is 0 Å². The number of halogens is 4. The van der Waals surface area contributed by atoms with Crippen molar-refractivity contribution in [3.8, 4) is 0 Å². The van der Waals surface area contributed by atoms with Gasteiger partial charge in [0, 0.05) is 0 Å². The van der Waals surface area contributed by atoms with Gasteiger partial charge >= 0.3 is 0 Å². The number of hydrogen-bond acceptors (Lipinski definition) is 1. The number of alkyl halides is 4. The van der Waals surface area contributed by atoms with Gasteiger partial charge in [-0.3, -0.25) is 0 Å². The highest BCUT2D eigenvalue weighted by molar-refractivity contribution is 9.40. The van der Waals surface area contributed by atoms with Crippen molar-refractivity contribution >= 4 is 63.7 Å². The minimum Gasteiger partial charge on any atom is -0.376 e. The van der Waals surface area contributed by atoms with Gasteiger partial charge in [0.05, 0.1) is 0 Å². The molecule has 0 bridgehead atoms. The Balaban J connectivity index is 4.02. The zero-order chi connectivity index (χ0) is 7.00. The van der Waals surface area contributed by atoms with Gasteiger partial charge in [0.15, 0.2) is 6.65 Å². The summed E-state index contributed by atoms with van der Waals surface area (Å²) in [7, 11) is 0. The zero-order valence-corrected chi connectivity index (χ0v) is 10.3. The molecule has 0 aromatic rings. The number of hydrogen-bond donors (Lipinski definition) is 1. The SMILES string of the molecule is CC(O)(Br)C(Br)(Br)Br. The Morgan fingerprint density at radius 3 is 1.25 bits per heavy atom. The average molecular weight is 376 g/mol. The molecule has 0 saturated heterocycles. The molecule has 1 N–H and O–H groups in total. The Labute approximate surface area is 81.7 Å². The van der Waals surface area contributed by atoms with Gasteiger partial charge in [0.1, 0.15) is 0 Å². The van der Waals surface area contributed by atoms with E-state index in [1.165, 1.54) is 0 Å². The first-order valence-corrected chi connectivity index (χ1v) is 4.90. The maximum Gasteiger partial charge on any atom is 0.172 e. The van der Waals surface area contributed by atoms with Gasteiger partial charge in [-0.15, -0.1) is 0 Å². The van der Waals surface area contributed by atoms with Crippen LogP contribution in [0.4, 0.5) is 0 Å². The molecule has 0 aliphatic heterocycles. The molecule has 5 heteroatoms. The maximum atomic E-state index is 9.13. The lowest BCUT2D eigenvalue weighted by Crippen LogP contribution is -2.30. The van der Waals surface area contributed by atoms with E-state index in [0.717, 1.165) is 0 Å². The summed E-state index contributed by atoms with van der Waals surface area (Å²) >= 11 is 12.4. The minimum absolute atomic E-state index is 0.653. The normalized spacial score (nSPS) is 20.2. The minimum atomic E-state index is -1.00. The summed E-state index contributed by atoms with van der Waals surface area (Å²) in [6, 6.07) is 0. The van der Waals surface area contributed by atoms with E-state index >= 15 is 0 Å². The summed E-state index contributed by atoms with van der Waals surface area (Å²) in [6.07, 6.45) is 0. The Bertz CT molecular complexity index is 66.3. The van der Waals surface area contributed by atoms with E-state index in [1.54, 1.807) is 6.92 Å². The number of aliphatic hydroxyl groups is 1. The molecule has 8 heavy (non-hydrogen) atoms. The van der Waals surface area contributed by atoms with Crippen molar-refractivity contribution in [2.45, 2.75) is 13.6 Å². The van der Waals surface area contributed by atoms with Crippen LogP contribution in [0, 0.1) is 0 Å². The standard InChI is InChI=1S/C3H4Br4O/c1-2(4,8)3(5,6)7/h8H,1H3. The molecule has 0 rings (SSSR count). The molecule has 0 fully saturated rings. The van der Waals surface area contributed by atoms with E-state index in [-0.39, 0.29) is 0 Å². The largest absolute Gasteiger partial charge is 0.376 e. The summed E-state index contributed by atoms with van der Waals surface area (Å²) < 4.78 is -1.65. The zero-order valence-electron chi connectivity index (χ0n) is 3.96. The summed E-state index contributed by atoms with van der Waals surface area (Å²) in [4.78, 5) is 0. The van der Waals surface area contributed by atoms with Crippen LogP contribution in [0.1, 0.15) is 6.92 Å². The highest BCUT2D eigenvalue weighted by Gasteiger charge is 2.38. The quantitative estimate of drug-likeness (QED) is 0.646. The molecule has 0 spiro atoms. The first-order chi connectivity index (χ1) is 3.25. The summed E-state index contributed by atoms with van der Waals surface area (Å²) in [5.41, 5.74) is 0. The fourth-order valence-corrected chi connectivity index (χ4v) is 0. The van der Waals surface area contributed by atoms with Crippen LogP contribution in [-0.4, -0.2) is 11.8 Å². The molecule has 50 valence electrons. The molecule has 1 unspecified atom stereocenters. The topological polar surface area (TPSA) is 20.2 Å². The van der Waals surface area contributed by atoms with Crippen LogP contribution in [0.2, 0.25) is 0 Å². The third kappa shape index (κ3) is 3.15. The molecule has 0 radical (unpaired) electrons. The van der Waals surface area contributed by atoms with Crippen molar-refractivity contribution in [3.05, 3.63) is 0 Å². The average Bonchev–Trinajstić information content (AvgIpc) is 1.25. The highest BCUT2D eigenvalue weighted by atomic mass is 80.0. The summed E-state index contributed by atoms with van der Waals surface area (Å²) in [5, 5.41) is 9.13. The third-order valence-corrected chi connectivity index (χ3v) is 5.02. The highest BCUT2D eigenvalue weighted by Crippen LogP contribution is 2.46. The molecular weight excluding hydrogens is 372 g/mol. The molecule has 0 saturated carbocycles. The van der Waals surface area contributed by atoms with Gasteiger partial charge in [0.25, 0.3) is 0 Å². The first-order valence-electron chi connectivity index (χ1n) is 1.73. The lowest BCUT2D eigenvalue weighted by Gasteiger charge is -2.24. The predicted octanol–water partition coefficient (Wildman–Crippen LogP) is 2.93. The van der Waals surface area contributed by atoms with Crippen LogP contribution in [0.5, 0.6) is 0 Å². The monoisotopic (exact) mass is 372 g/mol. The third-order valence-electron chi connectivity index (χ3n) is 0.517. The number of rotatable bonds is 0. The van der Waals surface area contributed by atoms with Gasteiger partial charge in [-0.25, -0.2) is 0 Å². The van der Waals surface area contributed by atoms with Crippen molar-refractivity contribution in [3.63, 3.8) is 0 Å². The van der Waals surface area contributed by atoms with Gasteiger partial charge in [-0.1, -0.05) is 63.7 Å². The Morgan fingerprint density at radius 1 is 1.12 bits per heavy atom. The molecule has 0 aromatic carbocycles. The van der Waals surface area contributed by atoms with Crippen molar-refractivity contribution in [1.82, 2.24) is 0 Å². The van der Waals surface area contributed by atoms with Crippen LogP contribution < -0.4 is 0 Å². The van der Waals surface area contributed by atoms with E-state index in [2.05, 4.69) is 63.7 Å². The van der Waals surface area contributed by atoms with Gasteiger partial charge in [0.2, 0.25) is 0 Å². The van der Waals surface area contributed by atoms with Crippen LogP contribution in [0.15, 0.2) is 0 Å². The van der Waals surface area contributed by atoms with Gasteiger partial charge < -0.3 is 5.11 Å². The van der Waals surface area contributed by atoms with E-state index in [4.69, 9.17) is 5.11 Å². The molecule has 0 amide bonds. The van der Waals surface area contributed by atoms with Crippen molar-refractivity contribution in [2.75, 3.05) is 0 Å². The second-order valence-electron chi connectivity index (χ2n) is 1.45. The van der Waals surface area contributed by atoms with Crippen molar-refractivity contribution in [1.29, 1.82) is 0 Å². The fourth-order valence-electron chi connectivity index (χ4n) is 0. The molecule has 1 nitrogen and oxygen atoms in total. The van der Waals surface area contributed by atoms with E-state index < -0.39 is 6.65 Å². The second kappa shape index (κ2) is 2.86. The lowest BCUT2D eigenvalue weighted by molar-refractivity contribution is 0.181. The Kier molecular flexibility index (Phi) is 3.53.